The molecule has 1 aromatic heterocycles. The van der Waals surface area contributed by atoms with Crippen LogP contribution in [0.4, 0.5) is 5.69 Å². The van der Waals surface area contributed by atoms with Gasteiger partial charge in [-0.1, -0.05) is 12.1 Å². The van der Waals surface area contributed by atoms with E-state index in [1.807, 2.05) is 44.2 Å². The summed E-state index contributed by atoms with van der Waals surface area (Å²) in [6.45, 7) is 3.80. The van der Waals surface area contributed by atoms with Crippen molar-refractivity contribution in [3.8, 4) is 12.1 Å². The molecule has 1 heterocycles. The predicted octanol–water partition coefficient (Wildman–Crippen LogP) is 4.81. The number of hydrogen-bond donors (Lipinski definition) is 1. The molecule has 3 aromatic rings. The van der Waals surface area contributed by atoms with Gasteiger partial charge in [0.2, 0.25) is 0 Å². The lowest BCUT2D eigenvalue weighted by molar-refractivity contribution is -0.115. The van der Waals surface area contributed by atoms with Gasteiger partial charge in [-0.2, -0.15) is 10.5 Å². The van der Waals surface area contributed by atoms with Crippen LogP contribution in [0.1, 0.15) is 25.0 Å². The molecule has 2 aromatic carbocycles. The van der Waals surface area contributed by atoms with Crippen molar-refractivity contribution in [3.63, 3.8) is 0 Å². The van der Waals surface area contributed by atoms with E-state index < -0.39 is 0 Å². The largest absolute Gasteiger partial charge is 0.305 e. The van der Waals surface area contributed by atoms with Crippen molar-refractivity contribution in [1.82, 2.24) is 4.98 Å². The van der Waals surface area contributed by atoms with Gasteiger partial charge in [-0.25, -0.2) is 4.98 Å². The Morgan fingerprint density at radius 2 is 1.93 bits per heavy atom. The SMILES string of the molecule is CC(C)N(C(=O)C(C#N)=Cc1ccc(C#N)cc1)c1ccc2nc(S)sc2c1. The number of rotatable bonds is 4. The zero-order chi connectivity index (χ0) is 20.3. The van der Waals surface area contributed by atoms with E-state index >= 15 is 0 Å². The Kier molecular flexibility index (Phi) is 5.79. The molecule has 0 aliphatic heterocycles. The molecule has 0 saturated carbocycles. The van der Waals surface area contributed by atoms with E-state index in [0.717, 1.165) is 10.2 Å². The molecule has 0 aliphatic carbocycles. The highest BCUT2D eigenvalue weighted by Gasteiger charge is 2.23. The Labute approximate surface area is 172 Å². The van der Waals surface area contributed by atoms with Crippen molar-refractivity contribution in [2.45, 2.75) is 24.2 Å². The molecule has 1 amide bonds. The first-order chi connectivity index (χ1) is 13.4. The molecule has 28 heavy (non-hydrogen) atoms. The monoisotopic (exact) mass is 404 g/mol. The maximum Gasteiger partial charge on any atom is 0.269 e. The highest BCUT2D eigenvalue weighted by molar-refractivity contribution is 7.82. The highest BCUT2D eigenvalue weighted by Crippen LogP contribution is 2.30. The smallest absolute Gasteiger partial charge is 0.269 e. The summed E-state index contributed by atoms with van der Waals surface area (Å²) in [6, 6.07) is 16.2. The summed E-state index contributed by atoms with van der Waals surface area (Å²) in [5, 5.41) is 18.5. The number of amides is 1. The van der Waals surface area contributed by atoms with Gasteiger partial charge in [-0.15, -0.1) is 24.0 Å². The first kappa shape index (κ1) is 19.6. The fraction of sp³-hybridized carbons (Fsp3) is 0.143. The second kappa shape index (κ2) is 8.26. The summed E-state index contributed by atoms with van der Waals surface area (Å²) in [7, 11) is 0. The normalized spacial score (nSPS) is 11.3. The van der Waals surface area contributed by atoms with E-state index in [2.05, 4.69) is 17.6 Å². The van der Waals surface area contributed by atoms with E-state index in [4.69, 9.17) is 5.26 Å². The summed E-state index contributed by atoms with van der Waals surface area (Å²) in [5.41, 5.74) is 2.75. The third-order valence-electron chi connectivity index (χ3n) is 4.08. The fourth-order valence-electron chi connectivity index (χ4n) is 2.79. The molecule has 7 heteroatoms. The van der Waals surface area contributed by atoms with Gasteiger partial charge < -0.3 is 4.90 Å². The standard InChI is InChI=1S/C21H16N4OS2/c1-13(2)25(17-7-8-18-19(10-17)28-21(27)24-18)20(26)16(12-23)9-14-3-5-15(11-22)6-4-14/h3-10,13H,1-2H3,(H,24,27). The third-order valence-corrected chi connectivity index (χ3v) is 5.27. The molecule has 3 rings (SSSR count). The van der Waals surface area contributed by atoms with Crippen LogP contribution in [0, 0.1) is 22.7 Å². The van der Waals surface area contributed by atoms with E-state index in [-0.39, 0.29) is 17.5 Å². The Bertz CT molecular complexity index is 1150. The lowest BCUT2D eigenvalue weighted by Gasteiger charge is -2.26. The van der Waals surface area contributed by atoms with Gasteiger partial charge in [0.25, 0.3) is 5.91 Å². The van der Waals surface area contributed by atoms with Crippen LogP contribution in [-0.4, -0.2) is 16.9 Å². The number of carbonyl (C=O) groups excluding carboxylic acids is 1. The zero-order valence-electron chi connectivity index (χ0n) is 15.2. The maximum atomic E-state index is 13.1. The number of anilines is 1. The summed E-state index contributed by atoms with van der Waals surface area (Å²) in [5.74, 6) is -0.378. The van der Waals surface area contributed by atoms with Crippen molar-refractivity contribution < 1.29 is 4.79 Å². The van der Waals surface area contributed by atoms with Crippen molar-refractivity contribution in [3.05, 3.63) is 59.2 Å². The lowest BCUT2D eigenvalue weighted by atomic mass is 10.1. The Balaban J connectivity index is 1.99. The average molecular weight is 405 g/mol. The van der Waals surface area contributed by atoms with Crippen LogP contribution in [0.3, 0.4) is 0 Å². The van der Waals surface area contributed by atoms with Gasteiger partial charge >= 0.3 is 0 Å². The molecule has 0 unspecified atom stereocenters. The van der Waals surface area contributed by atoms with Crippen LogP contribution in [-0.2, 0) is 4.79 Å². The van der Waals surface area contributed by atoms with E-state index in [1.165, 1.54) is 17.4 Å². The van der Waals surface area contributed by atoms with Gasteiger partial charge in [0.05, 0.1) is 21.8 Å². The molecule has 0 bridgehead atoms. The molecule has 0 aliphatic rings. The summed E-state index contributed by atoms with van der Waals surface area (Å²) in [4.78, 5) is 19.1. The fourth-order valence-corrected chi connectivity index (χ4v) is 3.93. The van der Waals surface area contributed by atoms with Gasteiger partial charge in [0.15, 0.2) is 0 Å². The molecule has 0 saturated heterocycles. The Morgan fingerprint density at radius 1 is 1.21 bits per heavy atom. The third kappa shape index (κ3) is 4.07. The zero-order valence-corrected chi connectivity index (χ0v) is 17.0. The van der Waals surface area contributed by atoms with Gasteiger partial charge in [0.1, 0.15) is 16.0 Å². The Morgan fingerprint density at radius 3 is 2.54 bits per heavy atom. The molecular formula is C21H16N4OS2. The molecule has 0 atom stereocenters. The van der Waals surface area contributed by atoms with Crippen molar-refractivity contribution in [1.29, 1.82) is 10.5 Å². The molecule has 0 radical (unpaired) electrons. The minimum absolute atomic E-state index is 0.0256. The topological polar surface area (TPSA) is 80.8 Å². The van der Waals surface area contributed by atoms with Crippen LogP contribution < -0.4 is 4.90 Å². The molecule has 0 fully saturated rings. The minimum Gasteiger partial charge on any atom is -0.305 e. The number of thiazole rings is 1. The van der Waals surface area contributed by atoms with Crippen LogP contribution in [0.25, 0.3) is 16.3 Å². The summed E-state index contributed by atoms with van der Waals surface area (Å²) in [6.07, 6.45) is 1.54. The molecule has 5 nitrogen and oxygen atoms in total. The van der Waals surface area contributed by atoms with Crippen molar-refractivity contribution in [2.24, 2.45) is 0 Å². The summed E-state index contributed by atoms with van der Waals surface area (Å²) >= 11 is 5.72. The van der Waals surface area contributed by atoms with Gasteiger partial charge in [0, 0.05) is 11.7 Å². The number of carbonyl (C=O) groups is 1. The lowest BCUT2D eigenvalue weighted by Crippen LogP contribution is -2.37. The molecule has 0 N–H and O–H groups in total. The number of aromatic nitrogens is 1. The molecular weight excluding hydrogens is 388 g/mol. The van der Waals surface area contributed by atoms with Crippen LogP contribution in [0.5, 0.6) is 0 Å². The second-order valence-corrected chi connectivity index (χ2v) is 8.08. The number of nitriles is 2. The van der Waals surface area contributed by atoms with E-state index in [0.29, 0.717) is 21.2 Å². The first-order valence-corrected chi connectivity index (χ1v) is 9.74. The highest BCUT2D eigenvalue weighted by atomic mass is 32.2. The van der Waals surface area contributed by atoms with Gasteiger partial charge in [-0.05, 0) is 55.8 Å². The summed E-state index contributed by atoms with van der Waals surface area (Å²) < 4.78 is 1.59. The van der Waals surface area contributed by atoms with E-state index in [9.17, 15) is 10.1 Å². The number of thiol groups is 1. The maximum absolute atomic E-state index is 13.1. The first-order valence-electron chi connectivity index (χ1n) is 8.48. The molecule has 138 valence electrons. The molecule has 0 spiro atoms. The Hall–Kier alpha value is -3.13. The van der Waals surface area contributed by atoms with Crippen molar-refractivity contribution in [2.75, 3.05) is 4.90 Å². The number of hydrogen-bond acceptors (Lipinski definition) is 6. The predicted molar refractivity (Wildman–Crippen MR) is 114 cm³/mol. The quantitative estimate of drug-likeness (QED) is 0.385. The number of fused-ring (bicyclic) bond motifs is 1. The number of benzene rings is 2. The van der Waals surface area contributed by atoms with Crippen LogP contribution >= 0.6 is 24.0 Å². The van der Waals surface area contributed by atoms with Crippen LogP contribution in [0.2, 0.25) is 0 Å². The van der Waals surface area contributed by atoms with Gasteiger partial charge in [-0.3, -0.25) is 4.79 Å². The number of nitrogens with zero attached hydrogens (tertiary/aromatic N) is 4. The second-order valence-electron chi connectivity index (χ2n) is 6.32. The van der Waals surface area contributed by atoms with Crippen molar-refractivity contribution >= 4 is 51.9 Å². The minimum atomic E-state index is -0.378. The average Bonchev–Trinajstić information content (AvgIpc) is 3.05. The van der Waals surface area contributed by atoms with E-state index in [1.54, 1.807) is 29.2 Å². The van der Waals surface area contributed by atoms with Crippen LogP contribution in [0.15, 0.2) is 52.4 Å².